The quantitative estimate of drug-likeness (QED) is 0.659. The summed E-state index contributed by atoms with van der Waals surface area (Å²) in [6, 6.07) is 13.3. The molecule has 0 radical (unpaired) electrons. The third kappa shape index (κ3) is 3.88. The molecule has 1 fully saturated rings. The molecule has 0 aliphatic carbocycles. The number of halogens is 1. The van der Waals surface area contributed by atoms with Gasteiger partial charge in [-0.05, 0) is 48.9 Å². The van der Waals surface area contributed by atoms with Crippen LogP contribution in [0.4, 0.5) is 5.69 Å². The summed E-state index contributed by atoms with van der Waals surface area (Å²) in [5.74, 6) is -0.485. The maximum atomic E-state index is 12.5. The van der Waals surface area contributed by atoms with Gasteiger partial charge in [0.15, 0.2) is 5.78 Å². The van der Waals surface area contributed by atoms with Crippen LogP contribution in [0.5, 0.6) is 0 Å². The summed E-state index contributed by atoms with van der Waals surface area (Å²) in [6.45, 7) is 1.73. The van der Waals surface area contributed by atoms with Gasteiger partial charge in [-0.15, -0.1) is 0 Å². The van der Waals surface area contributed by atoms with Gasteiger partial charge in [0.1, 0.15) is 6.04 Å². The number of imide groups is 1. The minimum Gasteiger partial charge on any atom is -0.373 e. The number of anilines is 1. The maximum Gasteiger partial charge on any atom is 0.252 e. The van der Waals surface area contributed by atoms with Crippen LogP contribution < -0.4 is 5.32 Å². The highest BCUT2D eigenvalue weighted by atomic mass is 35.5. The van der Waals surface area contributed by atoms with Crippen LogP contribution in [0.15, 0.2) is 48.5 Å². The van der Waals surface area contributed by atoms with Crippen LogP contribution in [0.25, 0.3) is 0 Å². The Morgan fingerprint density at radius 3 is 2.36 bits per heavy atom. The zero-order valence-corrected chi connectivity index (χ0v) is 14.4. The highest BCUT2D eigenvalue weighted by molar-refractivity contribution is 6.30. The van der Waals surface area contributed by atoms with E-state index in [4.69, 9.17) is 11.6 Å². The lowest BCUT2D eigenvalue weighted by molar-refractivity contribution is -0.139. The smallest absolute Gasteiger partial charge is 0.252 e. The Morgan fingerprint density at radius 1 is 1.12 bits per heavy atom. The largest absolute Gasteiger partial charge is 0.373 e. The molecule has 1 N–H and O–H groups in total. The molecule has 0 aromatic heterocycles. The third-order valence-electron chi connectivity index (χ3n) is 4.13. The summed E-state index contributed by atoms with van der Waals surface area (Å²) in [5, 5.41) is 3.68. The van der Waals surface area contributed by atoms with Crippen molar-refractivity contribution >= 4 is 34.9 Å². The van der Waals surface area contributed by atoms with Gasteiger partial charge in [0.2, 0.25) is 5.91 Å². The first kappa shape index (κ1) is 17.2. The number of nitrogens with one attached hydrogen (secondary N) is 1. The molecule has 1 saturated heterocycles. The van der Waals surface area contributed by atoms with Gasteiger partial charge in [-0.1, -0.05) is 23.7 Å². The van der Waals surface area contributed by atoms with Crippen molar-refractivity contribution in [3.05, 3.63) is 64.7 Å². The Morgan fingerprint density at radius 2 is 1.76 bits per heavy atom. The number of carbonyl (C=O) groups is 3. The molecule has 0 spiro atoms. The molecule has 3 rings (SSSR count). The van der Waals surface area contributed by atoms with E-state index in [1.54, 1.807) is 48.5 Å². The second-order valence-corrected chi connectivity index (χ2v) is 6.42. The Hall–Kier alpha value is -2.66. The minimum absolute atomic E-state index is 0.0205. The van der Waals surface area contributed by atoms with Crippen LogP contribution in [0.2, 0.25) is 5.02 Å². The SMILES string of the molecule is CC(=O)c1ccc(N[C@@H]2CC(=O)N(Cc3ccc(Cl)cc3)C2=O)cc1. The molecular formula is C19H17ClN2O3. The molecule has 0 bridgehead atoms. The molecule has 0 saturated carbocycles. The minimum atomic E-state index is -0.594. The van der Waals surface area contributed by atoms with Gasteiger partial charge < -0.3 is 5.32 Å². The molecule has 1 heterocycles. The predicted molar refractivity (Wildman–Crippen MR) is 95.5 cm³/mol. The molecule has 2 aromatic carbocycles. The molecule has 6 heteroatoms. The number of hydrogen-bond acceptors (Lipinski definition) is 4. The van der Waals surface area contributed by atoms with E-state index in [1.165, 1.54) is 11.8 Å². The zero-order valence-electron chi connectivity index (χ0n) is 13.7. The number of amides is 2. The summed E-state index contributed by atoms with van der Waals surface area (Å²) in [5.41, 5.74) is 2.14. The predicted octanol–water partition coefficient (Wildman–Crippen LogP) is 3.28. The maximum absolute atomic E-state index is 12.5. The first-order valence-electron chi connectivity index (χ1n) is 7.90. The standard InChI is InChI=1S/C19H17ClN2O3/c1-12(23)14-4-8-16(9-5-14)21-17-10-18(24)22(19(17)25)11-13-2-6-15(20)7-3-13/h2-9,17,21H,10-11H2,1H3/t17-/m1/s1. The molecule has 5 nitrogen and oxygen atoms in total. The van der Waals surface area contributed by atoms with Crippen molar-refractivity contribution in [2.24, 2.45) is 0 Å². The highest BCUT2D eigenvalue weighted by Gasteiger charge is 2.38. The van der Waals surface area contributed by atoms with Crippen LogP contribution in [0, 0.1) is 0 Å². The van der Waals surface area contributed by atoms with Crippen LogP contribution in [0.3, 0.4) is 0 Å². The number of rotatable bonds is 5. The van der Waals surface area contributed by atoms with Crippen molar-refractivity contribution in [1.29, 1.82) is 0 Å². The normalized spacial score (nSPS) is 17.0. The van der Waals surface area contributed by atoms with Gasteiger partial charge >= 0.3 is 0 Å². The van der Waals surface area contributed by atoms with Gasteiger partial charge in [0.05, 0.1) is 13.0 Å². The fourth-order valence-electron chi connectivity index (χ4n) is 2.74. The lowest BCUT2D eigenvalue weighted by atomic mass is 10.1. The fraction of sp³-hybridized carbons (Fsp3) is 0.211. The van der Waals surface area contributed by atoms with E-state index in [0.29, 0.717) is 16.3 Å². The van der Waals surface area contributed by atoms with E-state index in [-0.39, 0.29) is 30.6 Å². The van der Waals surface area contributed by atoms with E-state index in [0.717, 1.165) is 5.56 Å². The van der Waals surface area contributed by atoms with Gasteiger partial charge in [-0.2, -0.15) is 0 Å². The van der Waals surface area contributed by atoms with Crippen LogP contribution in [-0.2, 0) is 16.1 Å². The first-order valence-corrected chi connectivity index (χ1v) is 8.28. The Bertz CT molecular complexity index is 816. The van der Waals surface area contributed by atoms with Crippen molar-refractivity contribution in [2.75, 3.05) is 5.32 Å². The van der Waals surface area contributed by atoms with Gasteiger partial charge in [0.25, 0.3) is 5.91 Å². The topological polar surface area (TPSA) is 66.5 Å². The molecule has 1 atom stereocenters. The number of likely N-dealkylation sites (tertiary alicyclic amines) is 1. The van der Waals surface area contributed by atoms with E-state index >= 15 is 0 Å². The first-order chi connectivity index (χ1) is 11.9. The van der Waals surface area contributed by atoms with E-state index in [1.807, 2.05) is 0 Å². The van der Waals surface area contributed by atoms with Gasteiger partial charge in [-0.3, -0.25) is 19.3 Å². The van der Waals surface area contributed by atoms with E-state index in [9.17, 15) is 14.4 Å². The Kier molecular flexibility index (Phi) is 4.86. The monoisotopic (exact) mass is 356 g/mol. The average Bonchev–Trinajstić information content (AvgIpc) is 2.85. The second-order valence-electron chi connectivity index (χ2n) is 5.98. The third-order valence-corrected chi connectivity index (χ3v) is 4.38. The lowest BCUT2D eigenvalue weighted by Gasteiger charge is -2.16. The van der Waals surface area contributed by atoms with Crippen molar-refractivity contribution < 1.29 is 14.4 Å². The molecule has 25 heavy (non-hydrogen) atoms. The van der Waals surface area contributed by atoms with Gasteiger partial charge in [-0.25, -0.2) is 0 Å². The van der Waals surface area contributed by atoms with Crippen molar-refractivity contribution in [3.63, 3.8) is 0 Å². The van der Waals surface area contributed by atoms with Crippen LogP contribution >= 0.6 is 11.6 Å². The Labute approximate surface area is 150 Å². The van der Waals surface area contributed by atoms with Crippen molar-refractivity contribution in [1.82, 2.24) is 4.90 Å². The average molecular weight is 357 g/mol. The molecule has 2 aromatic rings. The zero-order chi connectivity index (χ0) is 18.0. The fourth-order valence-corrected chi connectivity index (χ4v) is 2.86. The summed E-state index contributed by atoms with van der Waals surface area (Å²) < 4.78 is 0. The van der Waals surface area contributed by atoms with Gasteiger partial charge in [0, 0.05) is 16.3 Å². The van der Waals surface area contributed by atoms with Crippen molar-refractivity contribution in [3.8, 4) is 0 Å². The molecule has 0 unspecified atom stereocenters. The molecule has 1 aliphatic rings. The van der Waals surface area contributed by atoms with Crippen LogP contribution in [-0.4, -0.2) is 28.5 Å². The lowest BCUT2D eigenvalue weighted by Crippen LogP contribution is -2.34. The number of benzene rings is 2. The molecule has 2 amide bonds. The number of hydrogen-bond donors (Lipinski definition) is 1. The molecular weight excluding hydrogens is 340 g/mol. The number of carbonyl (C=O) groups excluding carboxylic acids is 3. The number of nitrogens with zero attached hydrogens (tertiary/aromatic N) is 1. The number of ketones is 1. The Balaban J connectivity index is 1.68. The van der Waals surface area contributed by atoms with E-state index in [2.05, 4.69) is 5.32 Å². The van der Waals surface area contributed by atoms with Crippen molar-refractivity contribution in [2.45, 2.75) is 25.9 Å². The second kappa shape index (κ2) is 7.07. The molecule has 1 aliphatic heterocycles. The summed E-state index contributed by atoms with van der Waals surface area (Å²) in [4.78, 5) is 37.3. The molecule has 128 valence electrons. The summed E-state index contributed by atoms with van der Waals surface area (Å²) in [7, 11) is 0. The summed E-state index contributed by atoms with van der Waals surface area (Å²) >= 11 is 5.85. The summed E-state index contributed by atoms with van der Waals surface area (Å²) in [6.07, 6.45) is 0.112. The van der Waals surface area contributed by atoms with E-state index < -0.39 is 6.04 Å². The van der Waals surface area contributed by atoms with Crippen LogP contribution in [0.1, 0.15) is 29.3 Å². The number of Topliss-reactive ketones (excluding diaryl/α,β-unsaturated/α-hetero) is 1. The highest BCUT2D eigenvalue weighted by Crippen LogP contribution is 2.21.